The van der Waals surface area contributed by atoms with E-state index in [0.717, 1.165) is 43.2 Å². The van der Waals surface area contributed by atoms with Crippen LogP contribution in [0.15, 0.2) is 48.8 Å². The van der Waals surface area contributed by atoms with E-state index >= 15 is 0 Å². The third-order valence-corrected chi connectivity index (χ3v) is 8.25. The van der Waals surface area contributed by atoms with Crippen LogP contribution in [0.2, 0.25) is 5.02 Å². The Hall–Kier alpha value is -3.64. The molecule has 0 spiro atoms. The highest BCUT2D eigenvalue weighted by Gasteiger charge is 2.34. The first kappa shape index (κ1) is 25.6. The van der Waals surface area contributed by atoms with Gasteiger partial charge in [-0.2, -0.15) is 5.26 Å². The summed E-state index contributed by atoms with van der Waals surface area (Å²) in [4.78, 5) is 4.50. The Morgan fingerprint density at radius 2 is 1.92 bits per heavy atom. The molecule has 2 fully saturated rings. The third-order valence-electron chi connectivity index (χ3n) is 7.96. The highest BCUT2D eigenvalue weighted by molar-refractivity contribution is 6.36. The predicted octanol–water partition coefficient (Wildman–Crippen LogP) is 6.30. The van der Waals surface area contributed by atoms with Gasteiger partial charge in [0.15, 0.2) is 0 Å². The van der Waals surface area contributed by atoms with Gasteiger partial charge in [-0.05, 0) is 61.4 Å². The summed E-state index contributed by atoms with van der Waals surface area (Å²) in [5.41, 5.74) is 2.16. The van der Waals surface area contributed by atoms with Crippen molar-refractivity contribution in [3.63, 3.8) is 0 Å². The van der Waals surface area contributed by atoms with Gasteiger partial charge in [0.1, 0.15) is 25.4 Å². The molecular weight excluding hydrogens is 512 g/mol. The molecule has 10 heteroatoms. The number of nitriles is 1. The molecule has 0 amide bonds. The van der Waals surface area contributed by atoms with Crippen LogP contribution < -0.4 is 10.6 Å². The van der Waals surface area contributed by atoms with Crippen molar-refractivity contribution < 1.29 is 4.39 Å². The maximum atomic E-state index is 13.8. The Bertz CT molecular complexity index is 1560. The summed E-state index contributed by atoms with van der Waals surface area (Å²) in [6, 6.07) is 12.5. The number of anilines is 2. The molecule has 2 aliphatic rings. The lowest BCUT2D eigenvalue weighted by atomic mass is 9.69. The lowest BCUT2D eigenvalue weighted by Crippen LogP contribution is -2.37. The predicted molar refractivity (Wildman–Crippen MR) is 151 cm³/mol. The zero-order valence-corrected chi connectivity index (χ0v) is 22.4. The number of nitrogens with one attached hydrogen (secondary N) is 2. The molecule has 196 valence electrons. The van der Waals surface area contributed by atoms with Gasteiger partial charge in [-0.15, -0.1) is 5.10 Å². The summed E-state index contributed by atoms with van der Waals surface area (Å²) in [6.45, 7) is 2.24. The number of hydrogen-bond acceptors (Lipinski definition) is 6. The van der Waals surface area contributed by atoms with Gasteiger partial charge in [0.05, 0.1) is 39.5 Å². The Balaban J connectivity index is 1.45. The summed E-state index contributed by atoms with van der Waals surface area (Å²) in [6.07, 6.45) is 10.1. The molecule has 0 saturated heterocycles. The van der Waals surface area contributed by atoms with Crippen LogP contribution in [0.3, 0.4) is 0 Å². The normalized spacial score (nSPS) is 20.8. The molecule has 6 rings (SSSR count). The highest BCUT2D eigenvalue weighted by Crippen LogP contribution is 2.39. The summed E-state index contributed by atoms with van der Waals surface area (Å²) in [5.74, 6) is 0.119. The molecule has 0 bridgehead atoms. The van der Waals surface area contributed by atoms with E-state index in [1.807, 2.05) is 16.9 Å². The van der Waals surface area contributed by atoms with Gasteiger partial charge < -0.3 is 10.6 Å². The summed E-state index contributed by atoms with van der Waals surface area (Å²) in [7, 11) is 7.04. The largest absolute Gasteiger partial charge is 0.380 e. The SMILES string of the molecule is [B][C@](Nc1cc(Cl)c2ncc(C#N)c(NC3CCCCC3C)c2c1)(c1ccc(F)cc1)c1cn(C2CC2)nn1. The molecule has 2 aromatic carbocycles. The van der Waals surface area contributed by atoms with Crippen molar-refractivity contribution in [2.45, 2.75) is 63.0 Å². The summed E-state index contributed by atoms with van der Waals surface area (Å²) >= 11 is 6.76. The minimum Gasteiger partial charge on any atom is -0.380 e. The van der Waals surface area contributed by atoms with Crippen molar-refractivity contribution in [1.82, 2.24) is 20.0 Å². The Kier molecular flexibility index (Phi) is 6.68. The zero-order valence-electron chi connectivity index (χ0n) is 21.7. The van der Waals surface area contributed by atoms with Crippen LogP contribution in [0.25, 0.3) is 10.9 Å². The number of fused-ring (bicyclic) bond motifs is 1. The van der Waals surface area contributed by atoms with Gasteiger partial charge in [0.2, 0.25) is 0 Å². The fourth-order valence-electron chi connectivity index (χ4n) is 5.49. The lowest BCUT2D eigenvalue weighted by molar-refractivity contribution is 0.349. The minimum atomic E-state index is -1.33. The highest BCUT2D eigenvalue weighted by atomic mass is 35.5. The van der Waals surface area contributed by atoms with Gasteiger partial charge >= 0.3 is 0 Å². The molecule has 0 aliphatic heterocycles. The average molecular weight is 540 g/mol. The number of hydrogen-bond donors (Lipinski definition) is 2. The van der Waals surface area contributed by atoms with Crippen molar-refractivity contribution in [2.75, 3.05) is 10.6 Å². The molecule has 2 saturated carbocycles. The van der Waals surface area contributed by atoms with Crippen LogP contribution in [0.5, 0.6) is 0 Å². The molecule has 4 aromatic rings. The van der Waals surface area contributed by atoms with E-state index in [4.69, 9.17) is 19.4 Å². The fraction of sp³-hybridized carbons (Fsp3) is 0.379. The van der Waals surface area contributed by atoms with E-state index in [0.29, 0.717) is 45.0 Å². The van der Waals surface area contributed by atoms with E-state index in [-0.39, 0.29) is 11.9 Å². The van der Waals surface area contributed by atoms with Crippen LogP contribution >= 0.6 is 11.6 Å². The number of pyridine rings is 1. The number of rotatable bonds is 7. The van der Waals surface area contributed by atoms with Crippen LogP contribution in [0, 0.1) is 23.1 Å². The first-order chi connectivity index (χ1) is 18.9. The minimum absolute atomic E-state index is 0.247. The van der Waals surface area contributed by atoms with E-state index in [9.17, 15) is 9.65 Å². The van der Waals surface area contributed by atoms with Crippen molar-refractivity contribution >= 4 is 41.7 Å². The zero-order chi connectivity index (χ0) is 27.1. The first-order valence-corrected chi connectivity index (χ1v) is 13.8. The molecule has 2 radical (unpaired) electrons. The summed E-state index contributed by atoms with van der Waals surface area (Å²) in [5, 5.41) is 26.8. The lowest BCUT2D eigenvalue weighted by Gasteiger charge is -2.32. The standard InChI is InChI=1S/C29H28BClFN7/c1-17-4-2-3-5-25(17)35-27-18(14-33)15-34-28-23(27)12-21(13-24(28)31)36-29(30,19-6-8-20(32)9-7-19)26-16-39(38-37-26)22-10-11-22/h6-9,12-13,15-17,22,25,36H,2-5,10-11H2,1H3,(H,34,35)/t17?,25?,29-/m0/s1. The quantitative estimate of drug-likeness (QED) is 0.268. The molecule has 2 aliphatic carbocycles. The van der Waals surface area contributed by atoms with Gasteiger partial charge in [0, 0.05) is 23.3 Å². The Morgan fingerprint density at radius 1 is 1.15 bits per heavy atom. The number of benzene rings is 2. The van der Waals surface area contributed by atoms with Gasteiger partial charge in [-0.1, -0.05) is 48.7 Å². The fourth-order valence-corrected chi connectivity index (χ4v) is 5.76. The second kappa shape index (κ2) is 10.2. The molecule has 2 unspecified atom stereocenters. The van der Waals surface area contributed by atoms with E-state index in [2.05, 4.69) is 38.9 Å². The van der Waals surface area contributed by atoms with Crippen LogP contribution in [-0.4, -0.2) is 33.9 Å². The van der Waals surface area contributed by atoms with Crippen molar-refractivity contribution in [2.24, 2.45) is 5.92 Å². The van der Waals surface area contributed by atoms with Crippen molar-refractivity contribution in [3.05, 3.63) is 76.5 Å². The first-order valence-electron chi connectivity index (χ1n) is 13.4. The van der Waals surface area contributed by atoms with Crippen LogP contribution in [0.1, 0.15) is 68.3 Å². The second-order valence-corrected chi connectivity index (χ2v) is 11.2. The summed E-state index contributed by atoms with van der Waals surface area (Å²) < 4.78 is 15.7. The van der Waals surface area contributed by atoms with Crippen LogP contribution in [0.4, 0.5) is 15.8 Å². The van der Waals surface area contributed by atoms with E-state index < -0.39 is 5.44 Å². The van der Waals surface area contributed by atoms with E-state index in [1.165, 1.54) is 18.6 Å². The Morgan fingerprint density at radius 3 is 2.64 bits per heavy atom. The van der Waals surface area contributed by atoms with Gasteiger partial charge in [-0.3, -0.25) is 4.98 Å². The number of nitrogens with zero attached hydrogens (tertiary/aromatic N) is 5. The number of halogens is 2. The molecule has 7 nitrogen and oxygen atoms in total. The van der Waals surface area contributed by atoms with Crippen LogP contribution in [-0.2, 0) is 5.44 Å². The third kappa shape index (κ3) is 4.94. The Labute approximate surface area is 233 Å². The van der Waals surface area contributed by atoms with Crippen molar-refractivity contribution in [3.8, 4) is 6.07 Å². The van der Waals surface area contributed by atoms with Gasteiger partial charge in [-0.25, -0.2) is 9.07 Å². The maximum absolute atomic E-state index is 13.8. The molecular formula is C29H28BClFN7. The smallest absolute Gasteiger partial charge is 0.123 e. The molecule has 2 N–H and O–H groups in total. The average Bonchev–Trinajstić information content (AvgIpc) is 3.66. The molecule has 3 atom stereocenters. The topological polar surface area (TPSA) is 91.5 Å². The number of aromatic nitrogens is 4. The van der Waals surface area contributed by atoms with E-state index in [1.54, 1.807) is 24.4 Å². The molecule has 2 heterocycles. The molecule has 39 heavy (non-hydrogen) atoms. The second-order valence-electron chi connectivity index (χ2n) is 10.8. The maximum Gasteiger partial charge on any atom is 0.123 e. The monoisotopic (exact) mass is 539 g/mol. The van der Waals surface area contributed by atoms with Gasteiger partial charge in [0.25, 0.3) is 0 Å². The molecule has 2 aromatic heterocycles. The van der Waals surface area contributed by atoms with Crippen molar-refractivity contribution in [1.29, 1.82) is 5.26 Å².